The van der Waals surface area contributed by atoms with Gasteiger partial charge >= 0.3 is 6.18 Å². The van der Waals surface area contributed by atoms with Gasteiger partial charge in [0.15, 0.2) is 0 Å². The Morgan fingerprint density at radius 3 is 2.70 bits per heavy atom. The first-order valence-corrected chi connectivity index (χ1v) is 6.89. The number of hydrogen-bond acceptors (Lipinski definition) is 3. The van der Waals surface area contributed by atoms with E-state index >= 15 is 0 Å². The van der Waals surface area contributed by atoms with E-state index in [1.165, 1.54) is 24.5 Å². The van der Waals surface area contributed by atoms with Crippen LogP contribution in [0.5, 0.6) is 0 Å². The number of alkyl halides is 3. The van der Waals surface area contributed by atoms with Crippen molar-refractivity contribution in [2.75, 3.05) is 11.9 Å². The topological polar surface area (TPSA) is 45.5 Å². The molecule has 1 amide bonds. The van der Waals surface area contributed by atoms with Crippen molar-refractivity contribution in [3.05, 3.63) is 60.1 Å². The van der Waals surface area contributed by atoms with Crippen molar-refractivity contribution in [1.82, 2.24) is 4.90 Å². The van der Waals surface area contributed by atoms with Crippen molar-refractivity contribution in [1.29, 1.82) is 0 Å². The van der Waals surface area contributed by atoms with Gasteiger partial charge in [0.1, 0.15) is 18.5 Å². The van der Waals surface area contributed by atoms with Gasteiger partial charge in [-0.2, -0.15) is 13.2 Å². The fourth-order valence-electron chi connectivity index (χ4n) is 2.40. The fraction of sp³-hybridized carbons (Fsp3) is 0.188. The van der Waals surface area contributed by atoms with Gasteiger partial charge in [-0.3, -0.25) is 4.79 Å². The number of hydrogen-bond donors (Lipinski definition) is 1. The van der Waals surface area contributed by atoms with Crippen LogP contribution in [0.15, 0.2) is 53.2 Å². The Balaban J connectivity index is 1.92. The number of para-hydroxylation sites is 1. The highest BCUT2D eigenvalue weighted by molar-refractivity contribution is 6.01. The number of rotatable bonds is 3. The predicted molar refractivity (Wildman–Crippen MR) is 78.7 cm³/mol. The van der Waals surface area contributed by atoms with Crippen LogP contribution in [-0.2, 0) is 0 Å². The van der Waals surface area contributed by atoms with Gasteiger partial charge in [0.2, 0.25) is 0 Å². The summed E-state index contributed by atoms with van der Waals surface area (Å²) in [5, 5.41) is 2.94. The van der Waals surface area contributed by atoms with E-state index in [9.17, 15) is 18.0 Å². The Morgan fingerprint density at radius 2 is 2.00 bits per heavy atom. The molecular formula is C16H13F3N2O2. The molecule has 1 aliphatic rings. The molecule has 0 saturated heterocycles. The standard InChI is InChI=1S/C16H13F3N2O2/c17-16(18,19)10-21-14(8-7-11-4-3-9-23-11)20-13-6-2-1-5-12(13)15(21)22/h1-9,14,20H,10H2. The molecule has 1 aromatic heterocycles. The third-order valence-electron chi connectivity index (χ3n) is 3.39. The molecule has 1 unspecified atom stereocenters. The minimum Gasteiger partial charge on any atom is -0.465 e. The summed E-state index contributed by atoms with van der Waals surface area (Å²) >= 11 is 0. The normalized spacial score (nSPS) is 18.1. The van der Waals surface area contributed by atoms with Gasteiger partial charge in [0.05, 0.1) is 11.8 Å². The van der Waals surface area contributed by atoms with Crippen LogP contribution in [-0.4, -0.2) is 29.7 Å². The van der Waals surface area contributed by atoms with E-state index in [1.807, 2.05) is 0 Å². The second kappa shape index (κ2) is 5.83. The lowest BCUT2D eigenvalue weighted by atomic mass is 10.1. The molecule has 0 saturated carbocycles. The van der Waals surface area contributed by atoms with Crippen LogP contribution in [0.1, 0.15) is 16.1 Å². The second-order valence-electron chi connectivity index (χ2n) is 5.06. The van der Waals surface area contributed by atoms with Gasteiger partial charge < -0.3 is 14.6 Å². The first kappa shape index (κ1) is 15.2. The largest absolute Gasteiger partial charge is 0.465 e. The molecular weight excluding hydrogens is 309 g/mol. The van der Waals surface area contributed by atoms with Gasteiger partial charge in [-0.1, -0.05) is 12.1 Å². The van der Waals surface area contributed by atoms with E-state index in [4.69, 9.17) is 4.42 Å². The SMILES string of the molecule is O=C1c2ccccc2NC(C=Cc2ccco2)N1CC(F)(F)F. The molecule has 0 spiro atoms. The molecule has 3 rings (SSSR count). The molecule has 2 heterocycles. The van der Waals surface area contributed by atoms with Crippen molar-refractivity contribution >= 4 is 17.7 Å². The number of amides is 1. The second-order valence-corrected chi connectivity index (χ2v) is 5.06. The number of benzene rings is 1. The van der Waals surface area contributed by atoms with Crippen LogP contribution in [0.4, 0.5) is 18.9 Å². The number of halogens is 3. The third-order valence-corrected chi connectivity index (χ3v) is 3.39. The van der Waals surface area contributed by atoms with E-state index < -0.39 is 24.8 Å². The number of fused-ring (bicyclic) bond motifs is 1. The van der Waals surface area contributed by atoms with Gasteiger partial charge in [-0.05, 0) is 36.4 Å². The van der Waals surface area contributed by atoms with E-state index in [2.05, 4.69) is 5.32 Å². The first-order valence-electron chi connectivity index (χ1n) is 6.89. The summed E-state index contributed by atoms with van der Waals surface area (Å²) in [5.74, 6) is -0.171. The Bertz CT molecular complexity index is 723. The quantitative estimate of drug-likeness (QED) is 0.936. The third kappa shape index (κ3) is 3.39. The molecule has 0 fully saturated rings. The highest BCUT2D eigenvalue weighted by Gasteiger charge is 2.39. The van der Waals surface area contributed by atoms with E-state index in [-0.39, 0.29) is 5.56 Å². The Kier molecular flexibility index (Phi) is 3.85. The van der Waals surface area contributed by atoms with Crippen molar-refractivity contribution in [2.24, 2.45) is 0 Å². The molecule has 0 bridgehead atoms. The van der Waals surface area contributed by atoms with Crippen LogP contribution < -0.4 is 5.32 Å². The molecule has 1 aromatic carbocycles. The summed E-state index contributed by atoms with van der Waals surface area (Å²) in [6, 6.07) is 9.83. The summed E-state index contributed by atoms with van der Waals surface area (Å²) < 4.78 is 43.6. The van der Waals surface area contributed by atoms with Gasteiger partial charge in [0.25, 0.3) is 5.91 Å². The summed E-state index contributed by atoms with van der Waals surface area (Å²) in [5.41, 5.74) is 0.726. The zero-order valence-corrected chi connectivity index (χ0v) is 11.9. The van der Waals surface area contributed by atoms with Gasteiger partial charge in [-0.25, -0.2) is 0 Å². The average Bonchev–Trinajstić information content (AvgIpc) is 3.01. The molecule has 23 heavy (non-hydrogen) atoms. The Hall–Kier alpha value is -2.70. The van der Waals surface area contributed by atoms with Gasteiger partial charge in [0, 0.05) is 5.69 Å². The number of furan rings is 1. The highest BCUT2D eigenvalue weighted by Crippen LogP contribution is 2.28. The number of carbonyl (C=O) groups is 1. The monoisotopic (exact) mass is 322 g/mol. The molecule has 2 aromatic rings. The molecule has 120 valence electrons. The molecule has 7 heteroatoms. The van der Waals surface area contributed by atoms with Crippen molar-refractivity contribution in [3.8, 4) is 0 Å². The van der Waals surface area contributed by atoms with E-state index in [0.29, 0.717) is 11.4 Å². The molecule has 0 radical (unpaired) electrons. The fourth-order valence-corrected chi connectivity index (χ4v) is 2.40. The Morgan fingerprint density at radius 1 is 1.22 bits per heavy atom. The van der Waals surface area contributed by atoms with Crippen LogP contribution in [0.2, 0.25) is 0 Å². The summed E-state index contributed by atoms with van der Waals surface area (Å²) in [7, 11) is 0. The summed E-state index contributed by atoms with van der Waals surface area (Å²) in [4.78, 5) is 13.1. The maximum absolute atomic E-state index is 12.8. The lowest BCUT2D eigenvalue weighted by Crippen LogP contribution is -2.51. The van der Waals surface area contributed by atoms with Gasteiger partial charge in [-0.15, -0.1) is 0 Å². The van der Waals surface area contributed by atoms with Crippen LogP contribution in [0.25, 0.3) is 6.08 Å². The van der Waals surface area contributed by atoms with Crippen LogP contribution >= 0.6 is 0 Å². The zero-order valence-electron chi connectivity index (χ0n) is 11.9. The lowest BCUT2D eigenvalue weighted by Gasteiger charge is -2.36. The lowest BCUT2D eigenvalue weighted by molar-refractivity contribution is -0.142. The molecule has 0 aliphatic carbocycles. The highest BCUT2D eigenvalue weighted by atomic mass is 19.4. The van der Waals surface area contributed by atoms with E-state index in [1.54, 1.807) is 30.3 Å². The minimum atomic E-state index is -4.49. The molecule has 1 aliphatic heterocycles. The predicted octanol–water partition coefficient (Wildman–Crippen LogP) is 3.75. The average molecular weight is 322 g/mol. The van der Waals surface area contributed by atoms with Crippen molar-refractivity contribution in [2.45, 2.75) is 12.3 Å². The number of nitrogens with zero attached hydrogens (tertiary/aromatic N) is 1. The zero-order chi connectivity index (χ0) is 16.4. The molecule has 1 N–H and O–H groups in total. The number of anilines is 1. The first-order chi connectivity index (χ1) is 10.9. The maximum Gasteiger partial charge on any atom is 0.406 e. The van der Waals surface area contributed by atoms with Crippen LogP contribution in [0, 0.1) is 0 Å². The Labute approximate surface area is 130 Å². The summed E-state index contributed by atoms with van der Waals surface area (Å²) in [6.45, 7) is -1.33. The smallest absolute Gasteiger partial charge is 0.406 e. The molecule has 4 nitrogen and oxygen atoms in total. The van der Waals surface area contributed by atoms with Crippen LogP contribution in [0.3, 0.4) is 0 Å². The summed E-state index contributed by atoms with van der Waals surface area (Å²) in [6.07, 6.45) is -0.938. The minimum absolute atomic E-state index is 0.222. The molecule has 1 atom stereocenters. The van der Waals surface area contributed by atoms with E-state index in [0.717, 1.165) is 4.90 Å². The van der Waals surface area contributed by atoms with Crippen molar-refractivity contribution < 1.29 is 22.4 Å². The maximum atomic E-state index is 12.8. The van der Waals surface area contributed by atoms with Crippen molar-refractivity contribution in [3.63, 3.8) is 0 Å². The number of nitrogens with one attached hydrogen (secondary N) is 1. The number of carbonyl (C=O) groups excluding carboxylic acids is 1.